The molecule has 1 heterocycles. The number of rotatable bonds is 8. The van der Waals surface area contributed by atoms with E-state index in [9.17, 15) is 9.59 Å². The fraction of sp³-hybridized carbons (Fsp3) is 0.556. The van der Waals surface area contributed by atoms with Gasteiger partial charge in [-0.15, -0.1) is 24.2 Å². The van der Waals surface area contributed by atoms with Gasteiger partial charge >= 0.3 is 0 Å². The minimum atomic E-state index is -0.0679. The second-order valence-corrected chi connectivity index (χ2v) is 7.19. The summed E-state index contributed by atoms with van der Waals surface area (Å²) in [7, 11) is 1.60. The quantitative estimate of drug-likeness (QED) is 0.456. The minimum absolute atomic E-state index is 0. The third kappa shape index (κ3) is 7.15. The minimum Gasteiger partial charge on any atom is -0.383 e. The lowest BCUT2D eigenvalue weighted by atomic mass is 9.95. The second-order valence-electron chi connectivity index (χ2n) is 6.18. The SMILES string of the molecule is COCCNC(=O)CSc1ccccc1C(=O)NC1CCNCC1C.Cl. The van der Waals surface area contributed by atoms with Crippen molar-refractivity contribution in [2.45, 2.75) is 24.3 Å². The molecule has 0 aromatic heterocycles. The molecular weight excluding hydrogens is 374 g/mol. The fourth-order valence-corrected chi connectivity index (χ4v) is 3.62. The van der Waals surface area contributed by atoms with Gasteiger partial charge in [-0.05, 0) is 37.6 Å². The van der Waals surface area contributed by atoms with E-state index in [2.05, 4.69) is 22.9 Å². The lowest BCUT2D eigenvalue weighted by Crippen LogP contribution is -2.48. The van der Waals surface area contributed by atoms with Gasteiger partial charge in [0, 0.05) is 24.6 Å². The van der Waals surface area contributed by atoms with E-state index in [4.69, 9.17) is 4.74 Å². The molecule has 1 saturated heterocycles. The number of methoxy groups -OCH3 is 1. The summed E-state index contributed by atoms with van der Waals surface area (Å²) in [5.74, 6) is 0.549. The number of ether oxygens (including phenoxy) is 1. The first-order valence-electron chi connectivity index (χ1n) is 8.61. The number of carbonyl (C=O) groups excluding carboxylic acids is 2. The molecule has 2 atom stereocenters. The van der Waals surface area contributed by atoms with Crippen LogP contribution in [-0.4, -0.2) is 57.0 Å². The molecule has 1 aromatic carbocycles. The first-order chi connectivity index (χ1) is 12.1. The molecule has 0 aliphatic carbocycles. The van der Waals surface area contributed by atoms with Crippen LogP contribution in [0.25, 0.3) is 0 Å². The largest absolute Gasteiger partial charge is 0.383 e. The van der Waals surface area contributed by atoms with Gasteiger partial charge in [-0.1, -0.05) is 19.1 Å². The van der Waals surface area contributed by atoms with E-state index in [-0.39, 0.29) is 36.0 Å². The van der Waals surface area contributed by atoms with Gasteiger partial charge in [0.2, 0.25) is 5.91 Å². The summed E-state index contributed by atoms with van der Waals surface area (Å²) in [6, 6.07) is 7.61. The Hall–Kier alpha value is -1.28. The molecule has 0 radical (unpaired) electrons. The Morgan fingerprint density at radius 3 is 2.85 bits per heavy atom. The summed E-state index contributed by atoms with van der Waals surface area (Å²) in [6.07, 6.45) is 0.935. The van der Waals surface area contributed by atoms with Gasteiger partial charge in [-0.3, -0.25) is 9.59 Å². The molecule has 1 aromatic rings. The highest BCUT2D eigenvalue weighted by Gasteiger charge is 2.24. The normalized spacial score (nSPS) is 19.3. The molecule has 0 spiro atoms. The number of thioether (sulfide) groups is 1. The van der Waals surface area contributed by atoms with Crippen LogP contribution in [0.15, 0.2) is 29.2 Å². The molecule has 0 bridgehead atoms. The van der Waals surface area contributed by atoms with Gasteiger partial charge in [0.15, 0.2) is 0 Å². The van der Waals surface area contributed by atoms with Crippen molar-refractivity contribution in [2.24, 2.45) is 5.92 Å². The van der Waals surface area contributed by atoms with E-state index >= 15 is 0 Å². The van der Waals surface area contributed by atoms with Crippen molar-refractivity contribution in [1.82, 2.24) is 16.0 Å². The van der Waals surface area contributed by atoms with Crippen molar-refractivity contribution in [3.63, 3.8) is 0 Å². The first-order valence-corrected chi connectivity index (χ1v) is 9.59. The summed E-state index contributed by atoms with van der Waals surface area (Å²) < 4.78 is 4.91. The van der Waals surface area contributed by atoms with Crippen molar-refractivity contribution in [1.29, 1.82) is 0 Å². The highest BCUT2D eigenvalue weighted by molar-refractivity contribution is 8.00. The molecule has 0 saturated carbocycles. The van der Waals surface area contributed by atoms with Crippen LogP contribution in [0.3, 0.4) is 0 Å². The zero-order valence-corrected chi connectivity index (χ0v) is 16.9. The fourth-order valence-electron chi connectivity index (χ4n) is 2.74. The van der Waals surface area contributed by atoms with Crippen molar-refractivity contribution in [3.8, 4) is 0 Å². The standard InChI is InChI=1S/C18H27N3O3S.ClH/c1-13-11-19-8-7-15(13)21-18(23)14-5-3-4-6-16(14)25-12-17(22)20-9-10-24-2;/h3-6,13,15,19H,7-12H2,1-2H3,(H,20,22)(H,21,23);1H. The number of nitrogens with one attached hydrogen (secondary N) is 3. The maximum Gasteiger partial charge on any atom is 0.252 e. The number of benzene rings is 1. The zero-order valence-electron chi connectivity index (χ0n) is 15.2. The van der Waals surface area contributed by atoms with Gasteiger partial charge in [-0.2, -0.15) is 0 Å². The maximum absolute atomic E-state index is 12.7. The van der Waals surface area contributed by atoms with Crippen LogP contribution >= 0.6 is 24.2 Å². The molecule has 2 amide bonds. The summed E-state index contributed by atoms with van der Waals surface area (Å²) in [6.45, 7) is 4.97. The Morgan fingerprint density at radius 2 is 2.12 bits per heavy atom. The number of hydrogen-bond acceptors (Lipinski definition) is 5. The highest BCUT2D eigenvalue weighted by atomic mass is 35.5. The molecule has 1 fully saturated rings. The molecule has 2 rings (SSSR count). The molecule has 8 heteroatoms. The average molecular weight is 402 g/mol. The zero-order chi connectivity index (χ0) is 18.1. The van der Waals surface area contributed by atoms with Gasteiger partial charge < -0.3 is 20.7 Å². The average Bonchev–Trinajstić information content (AvgIpc) is 2.62. The van der Waals surface area contributed by atoms with Gasteiger partial charge in [0.1, 0.15) is 0 Å². The van der Waals surface area contributed by atoms with Crippen LogP contribution in [0, 0.1) is 5.92 Å². The summed E-state index contributed by atoms with van der Waals surface area (Å²) in [5.41, 5.74) is 0.628. The van der Waals surface area contributed by atoms with Crippen molar-refractivity contribution in [3.05, 3.63) is 29.8 Å². The summed E-state index contributed by atoms with van der Waals surface area (Å²) in [5, 5.41) is 9.26. The van der Waals surface area contributed by atoms with E-state index in [0.29, 0.717) is 24.6 Å². The predicted octanol–water partition coefficient (Wildman–Crippen LogP) is 1.69. The molecular formula is C18H28ClN3O3S. The Kier molecular flexibility index (Phi) is 10.7. The summed E-state index contributed by atoms with van der Waals surface area (Å²) in [4.78, 5) is 25.3. The molecule has 1 aliphatic rings. The lowest BCUT2D eigenvalue weighted by molar-refractivity contribution is -0.118. The van der Waals surface area contributed by atoms with Crippen LogP contribution in [0.5, 0.6) is 0 Å². The topological polar surface area (TPSA) is 79.5 Å². The first kappa shape index (κ1) is 22.8. The number of carbonyl (C=O) groups is 2. The van der Waals surface area contributed by atoms with Gasteiger partial charge in [0.05, 0.1) is 17.9 Å². The van der Waals surface area contributed by atoms with E-state index in [1.54, 1.807) is 7.11 Å². The maximum atomic E-state index is 12.7. The van der Waals surface area contributed by atoms with E-state index < -0.39 is 0 Å². The highest BCUT2D eigenvalue weighted by Crippen LogP contribution is 2.23. The number of hydrogen-bond donors (Lipinski definition) is 3. The Balaban J connectivity index is 0.00000338. The molecule has 26 heavy (non-hydrogen) atoms. The Bertz CT molecular complexity index is 589. The number of amides is 2. The van der Waals surface area contributed by atoms with Crippen LogP contribution in [-0.2, 0) is 9.53 Å². The smallest absolute Gasteiger partial charge is 0.252 e. The van der Waals surface area contributed by atoms with Crippen molar-refractivity contribution < 1.29 is 14.3 Å². The third-order valence-electron chi connectivity index (χ3n) is 4.22. The third-order valence-corrected chi connectivity index (χ3v) is 5.29. The van der Waals surface area contributed by atoms with E-state index in [1.165, 1.54) is 11.8 Å². The molecule has 1 aliphatic heterocycles. The molecule has 146 valence electrons. The molecule has 2 unspecified atom stereocenters. The van der Waals surface area contributed by atoms with Crippen molar-refractivity contribution >= 4 is 36.0 Å². The number of halogens is 1. The monoisotopic (exact) mass is 401 g/mol. The number of piperidine rings is 1. The van der Waals surface area contributed by atoms with Gasteiger partial charge in [-0.25, -0.2) is 0 Å². The van der Waals surface area contributed by atoms with Crippen molar-refractivity contribution in [2.75, 3.05) is 39.1 Å². The Labute approximate surface area is 165 Å². The van der Waals surface area contributed by atoms with E-state index in [0.717, 1.165) is 24.4 Å². The second kappa shape index (κ2) is 12.2. The Morgan fingerprint density at radius 1 is 1.35 bits per heavy atom. The van der Waals surface area contributed by atoms with E-state index in [1.807, 2.05) is 24.3 Å². The van der Waals surface area contributed by atoms with Crippen LogP contribution < -0.4 is 16.0 Å². The lowest BCUT2D eigenvalue weighted by Gasteiger charge is -2.30. The summed E-state index contributed by atoms with van der Waals surface area (Å²) >= 11 is 1.38. The predicted molar refractivity (Wildman–Crippen MR) is 107 cm³/mol. The van der Waals surface area contributed by atoms with Crippen LogP contribution in [0.4, 0.5) is 0 Å². The van der Waals surface area contributed by atoms with Crippen LogP contribution in [0.1, 0.15) is 23.7 Å². The molecule has 3 N–H and O–H groups in total. The van der Waals surface area contributed by atoms with Crippen LogP contribution in [0.2, 0.25) is 0 Å². The van der Waals surface area contributed by atoms with Gasteiger partial charge in [0.25, 0.3) is 5.91 Å². The molecule has 6 nitrogen and oxygen atoms in total.